The van der Waals surface area contributed by atoms with E-state index in [1.54, 1.807) is 0 Å². The number of alkyl halides is 3. The Morgan fingerprint density at radius 2 is 1.80 bits per heavy atom. The average Bonchev–Trinajstić information content (AvgIpc) is 2.21. The standard InChI is InChI=1S/C6H14N4O2.CHF3O3S/c7-4(5(11)12)2-1-3-10-6(8)9;2-1(3,4)8(5,6)7/h4H,1-3,7H2,(H,11,12)(H4,8,9,10);(H,5,6,7)/t4-;/m1./s1. The van der Waals surface area contributed by atoms with Gasteiger partial charge in [-0.3, -0.25) is 14.8 Å². The van der Waals surface area contributed by atoms with Crippen molar-refractivity contribution in [2.24, 2.45) is 11.5 Å². The van der Waals surface area contributed by atoms with E-state index in [9.17, 15) is 18.0 Å². The fourth-order valence-corrected chi connectivity index (χ4v) is 0.669. The minimum Gasteiger partial charge on any atom is -0.480 e. The van der Waals surface area contributed by atoms with E-state index in [-0.39, 0.29) is 5.96 Å². The molecule has 120 valence electrons. The third-order valence-corrected chi connectivity index (χ3v) is 2.20. The maximum Gasteiger partial charge on any atom is 0.522 e. The molecule has 0 rings (SSSR count). The minimum atomic E-state index is -5.84. The molecule has 0 amide bonds. The number of halogens is 3. The molecule has 9 nitrogen and oxygen atoms in total. The van der Waals surface area contributed by atoms with Crippen LogP contribution in [0.15, 0.2) is 0 Å². The van der Waals surface area contributed by atoms with Crippen LogP contribution in [0.2, 0.25) is 0 Å². The van der Waals surface area contributed by atoms with Crippen LogP contribution in [-0.2, 0) is 14.9 Å². The van der Waals surface area contributed by atoms with E-state index in [1.165, 1.54) is 0 Å². The first-order valence-corrected chi connectivity index (χ1v) is 6.33. The molecule has 0 radical (unpaired) electrons. The molecule has 0 fully saturated rings. The van der Waals surface area contributed by atoms with E-state index in [0.717, 1.165) is 0 Å². The molecule has 20 heavy (non-hydrogen) atoms. The summed E-state index contributed by atoms with van der Waals surface area (Å²) in [7, 11) is -5.84. The van der Waals surface area contributed by atoms with E-state index in [0.29, 0.717) is 19.4 Å². The van der Waals surface area contributed by atoms with Crippen LogP contribution in [0, 0.1) is 5.41 Å². The van der Waals surface area contributed by atoms with Gasteiger partial charge < -0.3 is 21.9 Å². The smallest absolute Gasteiger partial charge is 0.480 e. The molecular formula is C7H15F3N4O5S. The Bertz CT molecular complexity index is 425. The molecular weight excluding hydrogens is 309 g/mol. The fraction of sp³-hybridized carbons (Fsp3) is 0.714. The molecule has 13 heteroatoms. The molecule has 0 aromatic rings. The molecule has 0 heterocycles. The Kier molecular flexibility index (Phi) is 8.85. The second-order valence-electron chi connectivity index (χ2n) is 3.35. The van der Waals surface area contributed by atoms with Gasteiger partial charge in [-0.2, -0.15) is 21.6 Å². The third kappa shape index (κ3) is 11.5. The molecule has 1 atom stereocenters. The first kappa shape index (κ1) is 20.7. The van der Waals surface area contributed by atoms with Gasteiger partial charge in [0.25, 0.3) is 0 Å². The highest BCUT2D eigenvalue weighted by atomic mass is 32.2. The number of hydrogen-bond donors (Lipinski definition) is 6. The lowest BCUT2D eigenvalue weighted by molar-refractivity contribution is -0.138. The lowest BCUT2D eigenvalue weighted by Crippen LogP contribution is -2.34. The predicted octanol–water partition coefficient (Wildman–Crippen LogP) is -0.944. The molecule has 0 aliphatic heterocycles. The van der Waals surface area contributed by atoms with Gasteiger partial charge in [-0.25, -0.2) is 0 Å². The van der Waals surface area contributed by atoms with Crippen LogP contribution in [0.1, 0.15) is 12.8 Å². The molecule has 0 saturated heterocycles. The molecule has 0 saturated carbocycles. The van der Waals surface area contributed by atoms with Gasteiger partial charge in [0.05, 0.1) is 0 Å². The monoisotopic (exact) mass is 324 g/mol. The van der Waals surface area contributed by atoms with Crippen molar-refractivity contribution in [3.8, 4) is 0 Å². The summed E-state index contributed by atoms with van der Waals surface area (Å²) in [5.74, 6) is -1.11. The van der Waals surface area contributed by atoms with Gasteiger partial charge in [0.1, 0.15) is 6.04 Å². The van der Waals surface area contributed by atoms with Gasteiger partial charge in [-0.15, -0.1) is 0 Å². The van der Waals surface area contributed by atoms with Gasteiger partial charge >= 0.3 is 21.6 Å². The summed E-state index contributed by atoms with van der Waals surface area (Å²) in [6, 6.07) is -0.821. The van der Waals surface area contributed by atoms with Crippen LogP contribution in [-0.4, -0.2) is 48.1 Å². The van der Waals surface area contributed by atoms with Gasteiger partial charge in [0, 0.05) is 6.54 Å². The maximum atomic E-state index is 10.7. The van der Waals surface area contributed by atoms with Crippen LogP contribution in [0.4, 0.5) is 13.2 Å². The van der Waals surface area contributed by atoms with Crippen molar-refractivity contribution in [3.63, 3.8) is 0 Å². The first-order chi connectivity index (χ1) is 8.79. The van der Waals surface area contributed by atoms with Gasteiger partial charge in [0.2, 0.25) is 0 Å². The minimum absolute atomic E-state index is 0.112. The summed E-state index contributed by atoms with van der Waals surface area (Å²) >= 11 is 0. The van der Waals surface area contributed by atoms with Crippen molar-refractivity contribution in [1.82, 2.24) is 5.32 Å². The number of carbonyl (C=O) groups is 1. The number of carboxylic acids is 1. The van der Waals surface area contributed by atoms with E-state index >= 15 is 0 Å². The van der Waals surface area contributed by atoms with E-state index in [4.69, 9.17) is 35.0 Å². The van der Waals surface area contributed by atoms with Gasteiger partial charge in [-0.1, -0.05) is 0 Å². The number of nitrogens with one attached hydrogen (secondary N) is 2. The number of aliphatic carboxylic acids is 1. The molecule has 8 N–H and O–H groups in total. The second kappa shape index (κ2) is 8.55. The lowest BCUT2D eigenvalue weighted by atomic mass is 10.2. The summed E-state index contributed by atoms with van der Waals surface area (Å²) in [5.41, 5.74) is 4.68. The quantitative estimate of drug-likeness (QED) is 0.123. The Hall–Kier alpha value is -1.60. The maximum absolute atomic E-state index is 10.7. The second-order valence-corrected chi connectivity index (χ2v) is 4.76. The van der Waals surface area contributed by atoms with Crippen LogP contribution in [0.3, 0.4) is 0 Å². The van der Waals surface area contributed by atoms with E-state index in [2.05, 4.69) is 5.32 Å². The van der Waals surface area contributed by atoms with Crippen LogP contribution in [0.5, 0.6) is 0 Å². The largest absolute Gasteiger partial charge is 0.522 e. The molecule has 0 aliphatic carbocycles. The first-order valence-electron chi connectivity index (χ1n) is 4.89. The van der Waals surface area contributed by atoms with Crippen molar-refractivity contribution in [2.75, 3.05) is 6.54 Å². The Labute approximate surface area is 112 Å². The normalized spacial score (nSPS) is 12.8. The average molecular weight is 324 g/mol. The molecule has 0 spiro atoms. The van der Waals surface area contributed by atoms with Gasteiger partial charge in [-0.05, 0) is 12.8 Å². The molecule has 0 aliphatic rings. The number of nitrogens with two attached hydrogens (primary N) is 2. The zero-order chi connectivity index (χ0) is 16.6. The SMILES string of the molecule is N=C(N)NCCC[C@@H](N)C(=O)O.O=S(=O)(O)C(F)(F)F. The Morgan fingerprint density at radius 3 is 2.05 bits per heavy atom. The highest BCUT2D eigenvalue weighted by molar-refractivity contribution is 7.86. The number of rotatable bonds is 5. The molecule has 0 aromatic carbocycles. The van der Waals surface area contributed by atoms with E-state index in [1.807, 2.05) is 0 Å². The van der Waals surface area contributed by atoms with Crippen LogP contribution < -0.4 is 16.8 Å². The summed E-state index contributed by atoms with van der Waals surface area (Å²) in [6.07, 6.45) is 0.975. The number of hydrogen-bond acceptors (Lipinski definition) is 5. The summed E-state index contributed by atoms with van der Waals surface area (Å²) in [6.45, 7) is 0.482. The molecule has 0 bridgehead atoms. The van der Waals surface area contributed by atoms with Crippen LogP contribution >= 0.6 is 0 Å². The Morgan fingerprint density at radius 1 is 1.40 bits per heavy atom. The lowest BCUT2D eigenvalue weighted by Gasteiger charge is -2.06. The zero-order valence-electron chi connectivity index (χ0n) is 10.0. The summed E-state index contributed by atoms with van der Waals surface area (Å²) in [4.78, 5) is 10.2. The number of guanidine groups is 1. The predicted molar refractivity (Wildman–Crippen MR) is 62.4 cm³/mol. The third-order valence-electron chi connectivity index (χ3n) is 1.62. The molecule has 0 unspecified atom stereocenters. The summed E-state index contributed by atoms with van der Waals surface area (Å²) < 4.78 is 57.5. The van der Waals surface area contributed by atoms with Crippen LogP contribution in [0.25, 0.3) is 0 Å². The van der Waals surface area contributed by atoms with Crippen molar-refractivity contribution in [3.05, 3.63) is 0 Å². The van der Waals surface area contributed by atoms with Crippen molar-refractivity contribution < 1.29 is 36.0 Å². The number of carboxylic acid groups (broad SMARTS) is 1. The Balaban J connectivity index is 0. The zero-order valence-corrected chi connectivity index (χ0v) is 10.8. The molecule has 0 aromatic heterocycles. The van der Waals surface area contributed by atoms with Crippen molar-refractivity contribution in [1.29, 1.82) is 5.41 Å². The van der Waals surface area contributed by atoms with E-state index < -0.39 is 27.6 Å². The highest BCUT2D eigenvalue weighted by Gasteiger charge is 2.44. The van der Waals surface area contributed by atoms with Gasteiger partial charge in [0.15, 0.2) is 5.96 Å². The summed E-state index contributed by atoms with van der Waals surface area (Å²) in [5, 5.41) is 17.7. The van der Waals surface area contributed by atoms with Crippen molar-refractivity contribution >= 4 is 22.0 Å². The van der Waals surface area contributed by atoms with Crippen molar-refractivity contribution in [2.45, 2.75) is 24.4 Å². The topological polar surface area (TPSA) is 180 Å². The fourth-order valence-electron chi connectivity index (χ4n) is 0.669. The highest BCUT2D eigenvalue weighted by Crippen LogP contribution is 2.20.